The minimum Gasteiger partial charge on any atom is -0.393 e. The van der Waals surface area contributed by atoms with E-state index in [4.69, 9.17) is 17.3 Å². The molecule has 3 aromatic rings. The van der Waals surface area contributed by atoms with Gasteiger partial charge in [0.25, 0.3) is 11.8 Å². The maximum absolute atomic E-state index is 12.2. The third-order valence-electron chi connectivity index (χ3n) is 3.63. The number of carbonyl (C=O) groups is 2. The Morgan fingerprint density at radius 3 is 2.04 bits per heavy atom. The molecule has 0 aliphatic heterocycles. The summed E-state index contributed by atoms with van der Waals surface area (Å²) < 4.78 is 0. The van der Waals surface area contributed by atoms with Crippen LogP contribution in [0.4, 0.5) is 17.3 Å². The van der Waals surface area contributed by atoms with Crippen LogP contribution in [-0.4, -0.2) is 21.8 Å². The number of nitrogen functional groups attached to an aromatic ring is 1. The summed E-state index contributed by atoms with van der Waals surface area (Å²) in [5.74, 6) is -0.517. The number of hydrogen-bond acceptors (Lipinski definition) is 7. The average Bonchev–Trinajstić information content (AvgIpc) is 2.72. The van der Waals surface area contributed by atoms with Crippen LogP contribution in [-0.2, 0) is 0 Å². The number of nitrogens with two attached hydrogens (primary N) is 1. The number of amides is 2. The van der Waals surface area contributed by atoms with E-state index in [-0.39, 0.29) is 28.8 Å². The normalized spacial score (nSPS) is 10.0. The number of carbonyl (C=O) groups excluding carboxylic acids is 2. The molecule has 0 aliphatic rings. The maximum atomic E-state index is 12.2. The van der Waals surface area contributed by atoms with Gasteiger partial charge in [-0.05, 0) is 24.3 Å². The maximum Gasteiger partial charge on any atom is 0.271 e. The Morgan fingerprint density at radius 1 is 0.821 bits per heavy atom. The summed E-state index contributed by atoms with van der Waals surface area (Å²) in [6.45, 7) is 0. The predicted octanol–water partition coefficient (Wildman–Crippen LogP) is 2.23. The van der Waals surface area contributed by atoms with Gasteiger partial charge in [0.15, 0.2) is 11.6 Å². The molecule has 28 heavy (non-hydrogen) atoms. The predicted molar refractivity (Wildman–Crippen MR) is 107 cm³/mol. The first kappa shape index (κ1) is 18.9. The molecule has 1 aromatic heterocycles. The SMILES string of the molecule is Nc1c(NNC(=O)c2ccccc2)ncnc1NNC(=O)c1ccccc1Cl. The minimum atomic E-state index is -0.462. The van der Waals surface area contributed by atoms with Gasteiger partial charge in [-0.2, -0.15) is 0 Å². The summed E-state index contributed by atoms with van der Waals surface area (Å²) in [6.07, 6.45) is 1.22. The Balaban J connectivity index is 1.63. The summed E-state index contributed by atoms with van der Waals surface area (Å²) >= 11 is 5.99. The van der Waals surface area contributed by atoms with E-state index in [2.05, 4.69) is 31.7 Å². The van der Waals surface area contributed by atoms with Crippen LogP contribution in [0.1, 0.15) is 20.7 Å². The highest BCUT2D eigenvalue weighted by molar-refractivity contribution is 6.33. The van der Waals surface area contributed by atoms with Crippen LogP contribution < -0.4 is 27.4 Å². The van der Waals surface area contributed by atoms with Crippen molar-refractivity contribution in [1.29, 1.82) is 0 Å². The van der Waals surface area contributed by atoms with Gasteiger partial charge in [0.1, 0.15) is 12.0 Å². The van der Waals surface area contributed by atoms with Gasteiger partial charge in [-0.3, -0.25) is 31.3 Å². The van der Waals surface area contributed by atoms with Gasteiger partial charge in [-0.1, -0.05) is 41.9 Å². The van der Waals surface area contributed by atoms with Crippen LogP contribution in [0.5, 0.6) is 0 Å². The standard InChI is InChI=1S/C18H16ClN7O2/c19-13-9-5-4-8-12(13)18(28)26-24-16-14(20)15(21-10-22-16)23-25-17(27)11-6-2-1-3-7-11/h1-10H,20H2,(H,25,27)(H,26,28)(H2,21,22,23,24). The molecule has 10 heteroatoms. The molecule has 6 N–H and O–H groups in total. The molecule has 0 atom stereocenters. The number of halogens is 1. The minimum absolute atomic E-state index is 0.0929. The zero-order valence-electron chi connectivity index (χ0n) is 14.4. The molecule has 1 heterocycles. The number of anilines is 3. The number of hydrazine groups is 2. The van der Waals surface area contributed by atoms with Crippen LogP contribution in [0.25, 0.3) is 0 Å². The van der Waals surface area contributed by atoms with Crippen LogP contribution in [0.15, 0.2) is 60.9 Å². The van der Waals surface area contributed by atoms with Gasteiger partial charge in [-0.25, -0.2) is 9.97 Å². The third-order valence-corrected chi connectivity index (χ3v) is 3.96. The van der Waals surface area contributed by atoms with Crippen molar-refractivity contribution in [3.05, 3.63) is 77.1 Å². The first-order valence-electron chi connectivity index (χ1n) is 8.09. The third kappa shape index (κ3) is 4.46. The summed E-state index contributed by atoms with van der Waals surface area (Å²) in [4.78, 5) is 32.2. The average molecular weight is 398 g/mol. The monoisotopic (exact) mass is 397 g/mol. The van der Waals surface area contributed by atoms with Gasteiger partial charge in [0.2, 0.25) is 0 Å². The van der Waals surface area contributed by atoms with E-state index in [0.717, 1.165) is 0 Å². The second-order valence-electron chi connectivity index (χ2n) is 5.49. The largest absolute Gasteiger partial charge is 0.393 e. The fourth-order valence-electron chi connectivity index (χ4n) is 2.20. The van der Waals surface area contributed by atoms with Gasteiger partial charge >= 0.3 is 0 Å². The van der Waals surface area contributed by atoms with E-state index >= 15 is 0 Å². The molecule has 9 nitrogen and oxygen atoms in total. The Morgan fingerprint density at radius 2 is 1.39 bits per heavy atom. The number of hydrogen-bond donors (Lipinski definition) is 5. The van der Waals surface area contributed by atoms with E-state index in [9.17, 15) is 9.59 Å². The van der Waals surface area contributed by atoms with Crippen molar-refractivity contribution in [2.75, 3.05) is 16.6 Å². The van der Waals surface area contributed by atoms with Crippen molar-refractivity contribution in [3.63, 3.8) is 0 Å². The number of benzene rings is 2. The van der Waals surface area contributed by atoms with Gasteiger partial charge in [0.05, 0.1) is 10.6 Å². The molecule has 0 spiro atoms. The first-order valence-corrected chi connectivity index (χ1v) is 8.47. The molecular weight excluding hydrogens is 382 g/mol. The van der Waals surface area contributed by atoms with Crippen LogP contribution in [0, 0.1) is 0 Å². The first-order chi connectivity index (χ1) is 13.6. The van der Waals surface area contributed by atoms with Crippen LogP contribution in [0.2, 0.25) is 5.02 Å². The number of nitrogens with one attached hydrogen (secondary N) is 4. The van der Waals surface area contributed by atoms with Gasteiger partial charge in [-0.15, -0.1) is 0 Å². The van der Waals surface area contributed by atoms with E-state index in [0.29, 0.717) is 10.6 Å². The zero-order valence-corrected chi connectivity index (χ0v) is 15.2. The molecule has 0 fully saturated rings. The van der Waals surface area contributed by atoms with Crippen molar-refractivity contribution < 1.29 is 9.59 Å². The molecule has 0 radical (unpaired) electrons. The molecule has 0 unspecified atom stereocenters. The Hall–Kier alpha value is -3.85. The van der Waals surface area contributed by atoms with Crippen molar-refractivity contribution in [2.45, 2.75) is 0 Å². The second kappa shape index (κ2) is 8.69. The van der Waals surface area contributed by atoms with Crippen molar-refractivity contribution in [2.24, 2.45) is 0 Å². The van der Waals surface area contributed by atoms with Crippen LogP contribution >= 0.6 is 11.6 Å². The highest BCUT2D eigenvalue weighted by Gasteiger charge is 2.13. The lowest BCUT2D eigenvalue weighted by Crippen LogP contribution is -2.32. The fourth-order valence-corrected chi connectivity index (χ4v) is 2.42. The molecule has 3 rings (SSSR count). The molecule has 2 amide bonds. The lowest BCUT2D eigenvalue weighted by atomic mass is 10.2. The second-order valence-corrected chi connectivity index (χ2v) is 5.90. The topological polar surface area (TPSA) is 134 Å². The summed E-state index contributed by atoms with van der Waals surface area (Å²) in [6, 6.07) is 15.2. The zero-order chi connectivity index (χ0) is 19.9. The van der Waals surface area contributed by atoms with Crippen molar-refractivity contribution in [1.82, 2.24) is 20.8 Å². The Labute approximate surface area is 165 Å². The molecule has 0 bridgehead atoms. The smallest absolute Gasteiger partial charge is 0.271 e. The summed E-state index contributed by atoms with van der Waals surface area (Å²) in [5.41, 5.74) is 17.0. The molecule has 0 saturated heterocycles. The molecule has 0 saturated carbocycles. The highest BCUT2D eigenvalue weighted by atomic mass is 35.5. The number of nitrogens with zero attached hydrogens (tertiary/aromatic N) is 2. The Kier molecular flexibility index (Phi) is 5.87. The quantitative estimate of drug-likeness (QED) is 0.402. The van der Waals surface area contributed by atoms with E-state index in [1.807, 2.05) is 6.07 Å². The fraction of sp³-hybridized carbons (Fsp3) is 0. The number of aromatic nitrogens is 2. The van der Waals surface area contributed by atoms with Crippen LogP contribution in [0.3, 0.4) is 0 Å². The summed E-state index contributed by atoms with van der Waals surface area (Å²) in [5, 5.41) is 0.309. The number of rotatable bonds is 6. The molecule has 2 aromatic carbocycles. The molecular formula is C18H16ClN7O2. The van der Waals surface area contributed by atoms with Crippen molar-refractivity contribution >= 4 is 40.7 Å². The van der Waals surface area contributed by atoms with Crippen molar-refractivity contribution in [3.8, 4) is 0 Å². The van der Waals surface area contributed by atoms with E-state index < -0.39 is 5.91 Å². The van der Waals surface area contributed by atoms with E-state index in [1.54, 1.807) is 48.5 Å². The molecule has 0 aliphatic carbocycles. The molecule has 142 valence electrons. The van der Waals surface area contributed by atoms with E-state index in [1.165, 1.54) is 6.33 Å². The van der Waals surface area contributed by atoms with Gasteiger partial charge in [0, 0.05) is 5.56 Å². The van der Waals surface area contributed by atoms with Gasteiger partial charge < -0.3 is 5.73 Å². The highest BCUT2D eigenvalue weighted by Crippen LogP contribution is 2.21. The Bertz CT molecular complexity index is 998. The summed E-state index contributed by atoms with van der Waals surface area (Å²) in [7, 11) is 0. The lowest BCUT2D eigenvalue weighted by Gasteiger charge is -2.14. The lowest BCUT2D eigenvalue weighted by molar-refractivity contribution is 0.0954.